The molecular formula is C18H26N2O. The highest BCUT2D eigenvalue weighted by Crippen LogP contribution is 2.41. The highest BCUT2D eigenvalue weighted by Gasteiger charge is 2.43. The molecule has 21 heavy (non-hydrogen) atoms. The van der Waals surface area contributed by atoms with E-state index >= 15 is 0 Å². The van der Waals surface area contributed by atoms with Gasteiger partial charge in [-0.2, -0.15) is 0 Å². The molecular weight excluding hydrogens is 260 g/mol. The number of nitrogens with one attached hydrogen (secondary N) is 1. The van der Waals surface area contributed by atoms with Crippen molar-refractivity contribution >= 4 is 6.03 Å². The van der Waals surface area contributed by atoms with Crippen molar-refractivity contribution < 1.29 is 4.79 Å². The second-order valence-corrected chi connectivity index (χ2v) is 6.51. The number of amides is 2. The van der Waals surface area contributed by atoms with E-state index < -0.39 is 0 Å². The van der Waals surface area contributed by atoms with Crippen LogP contribution in [0.1, 0.15) is 50.5 Å². The minimum atomic E-state index is 0.160. The third-order valence-electron chi connectivity index (χ3n) is 5.16. The van der Waals surface area contributed by atoms with Gasteiger partial charge in [-0.1, -0.05) is 43.2 Å². The highest BCUT2D eigenvalue weighted by molar-refractivity contribution is 5.75. The zero-order chi connectivity index (χ0) is 14.5. The molecule has 2 fully saturated rings. The quantitative estimate of drug-likeness (QED) is 0.902. The molecule has 1 aliphatic carbocycles. The van der Waals surface area contributed by atoms with Gasteiger partial charge in [-0.25, -0.2) is 4.79 Å². The van der Waals surface area contributed by atoms with Gasteiger partial charge in [0.1, 0.15) is 0 Å². The Kier molecular flexibility index (Phi) is 4.47. The van der Waals surface area contributed by atoms with Gasteiger partial charge in [0.05, 0.1) is 0 Å². The fraction of sp³-hybridized carbons (Fsp3) is 0.611. The summed E-state index contributed by atoms with van der Waals surface area (Å²) >= 11 is 0. The summed E-state index contributed by atoms with van der Waals surface area (Å²) in [6, 6.07) is 10.5. The Morgan fingerprint density at radius 1 is 1.05 bits per heavy atom. The van der Waals surface area contributed by atoms with E-state index in [0.29, 0.717) is 0 Å². The number of carbonyl (C=O) groups is 1. The van der Waals surface area contributed by atoms with Crippen LogP contribution in [0.2, 0.25) is 0 Å². The van der Waals surface area contributed by atoms with Crippen LogP contribution in [0.5, 0.6) is 0 Å². The molecule has 114 valence electrons. The van der Waals surface area contributed by atoms with Gasteiger partial charge in [0, 0.05) is 18.6 Å². The van der Waals surface area contributed by atoms with Gasteiger partial charge >= 0.3 is 6.03 Å². The molecule has 3 nitrogen and oxygen atoms in total. The third-order valence-corrected chi connectivity index (χ3v) is 5.16. The van der Waals surface area contributed by atoms with E-state index in [1.54, 1.807) is 0 Å². The van der Waals surface area contributed by atoms with Gasteiger partial charge in [-0.15, -0.1) is 0 Å². The number of benzene rings is 1. The first-order valence-electron chi connectivity index (χ1n) is 8.40. The maximum absolute atomic E-state index is 12.6. The number of carbonyl (C=O) groups excluding carboxylic acids is 1. The minimum Gasteiger partial charge on any atom is -0.338 e. The van der Waals surface area contributed by atoms with Gasteiger partial charge in [0.15, 0.2) is 0 Å². The van der Waals surface area contributed by atoms with E-state index in [2.05, 4.69) is 34.5 Å². The summed E-state index contributed by atoms with van der Waals surface area (Å²) in [7, 11) is 0. The number of hydrogen-bond acceptors (Lipinski definition) is 1. The summed E-state index contributed by atoms with van der Waals surface area (Å²) in [5, 5.41) is 3.14. The molecule has 2 aliphatic rings. The van der Waals surface area contributed by atoms with Gasteiger partial charge in [0.2, 0.25) is 0 Å². The fourth-order valence-electron chi connectivity index (χ4n) is 4.02. The molecule has 0 bridgehead atoms. The largest absolute Gasteiger partial charge is 0.338 e. The van der Waals surface area contributed by atoms with Crippen molar-refractivity contribution in [3.8, 4) is 0 Å². The number of piperidine rings is 1. The van der Waals surface area contributed by atoms with Crippen LogP contribution in [0.15, 0.2) is 30.3 Å². The van der Waals surface area contributed by atoms with Crippen molar-refractivity contribution in [2.75, 3.05) is 13.1 Å². The first-order valence-corrected chi connectivity index (χ1v) is 8.40. The Balaban J connectivity index is 1.54. The summed E-state index contributed by atoms with van der Waals surface area (Å²) in [5.74, 6) is 0. The molecule has 1 N–H and O–H groups in total. The summed E-state index contributed by atoms with van der Waals surface area (Å²) < 4.78 is 0. The smallest absolute Gasteiger partial charge is 0.317 e. The number of urea groups is 1. The SMILES string of the molecule is O=C(NCCc1ccccc1)N1CCCCC12CCCC2. The predicted octanol–water partition coefficient (Wildman–Crippen LogP) is 3.74. The number of rotatable bonds is 3. The Labute approximate surface area is 127 Å². The van der Waals surface area contributed by atoms with Crippen molar-refractivity contribution in [1.82, 2.24) is 10.2 Å². The van der Waals surface area contributed by atoms with Crippen LogP contribution in [-0.4, -0.2) is 29.6 Å². The zero-order valence-corrected chi connectivity index (χ0v) is 12.8. The van der Waals surface area contributed by atoms with E-state index in [1.165, 1.54) is 44.1 Å². The third kappa shape index (κ3) is 3.22. The van der Waals surface area contributed by atoms with Crippen molar-refractivity contribution in [3.05, 3.63) is 35.9 Å². The van der Waals surface area contributed by atoms with Crippen molar-refractivity contribution in [2.24, 2.45) is 0 Å². The Hall–Kier alpha value is -1.51. The molecule has 0 atom stereocenters. The molecule has 1 spiro atoms. The maximum Gasteiger partial charge on any atom is 0.317 e. The predicted molar refractivity (Wildman–Crippen MR) is 85.3 cm³/mol. The van der Waals surface area contributed by atoms with E-state index in [4.69, 9.17) is 0 Å². The van der Waals surface area contributed by atoms with Gasteiger partial charge < -0.3 is 10.2 Å². The molecule has 1 aromatic carbocycles. The molecule has 1 saturated heterocycles. The van der Waals surface area contributed by atoms with E-state index in [0.717, 1.165) is 25.9 Å². The van der Waals surface area contributed by atoms with Crippen molar-refractivity contribution in [2.45, 2.75) is 56.9 Å². The van der Waals surface area contributed by atoms with Gasteiger partial charge in [0.25, 0.3) is 0 Å². The van der Waals surface area contributed by atoms with E-state index in [-0.39, 0.29) is 11.6 Å². The van der Waals surface area contributed by atoms with Crippen LogP contribution < -0.4 is 5.32 Å². The lowest BCUT2D eigenvalue weighted by molar-refractivity contribution is 0.0807. The number of hydrogen-bond donors (Lipinski definition) is 1. The van der Waals surface area contributed by atoms with Crippen LogP contribution in [-0.2, 0) is 6.42 Å². The number of nitrogens with zero attached hydrogens (tertiary/aromatic N) is 1. The lowest BCUT2D eigenvalue weighted by Crippen LogP contribution is -2.56. The minimum absolute atomic E-state index is 0.160. The Morgan fingerprint density at radius 3 is 2.43 bits per heavy atom. The van der Waals surface area contributed by atoms with Gasteiger partial charge in [-0.05, 0) is 44.1 Å². The second-order valence-electron chi connectivity index (χ2n) is 6.51. The fourth-order valence-corrected chi connectivity index (χ4v) is 4.02. The molecule has 1 saturated carbocycles. The van der Waals surface area contributed by atoms with Crippen molar-refractivity contribution in [1.29, 1.82) is 0 Å². The standard InChI is InChI=1S/C18H26N2O/c21-17(19-14-10-16-8-2-1-3-9-16)20-15-7-6-13-18(20)11-4-5-12-18/h1-3,8-9H,4-7,10-15H2,(H,19,21). The first kappa shape index (κ1) is 14.4. The molecule has 1 aromatic rings. The molecule has 3 rings (SSSR count). The first-order chi connectivity index (χ1) is 10.3. The molecule has 0 radical (unpaired) electrons. The Morgan fingerprint density at radius 2 is 1.71 bits per heavy atom. The molecule has 2 amide bonds. The molecule has 1 heterocycles. The van der Waals surface area contributed by atoms with E-state index in [9.17, 15) is 4.79 Å². The highest BCUT2D eigenvalue weighted by atomic mass is 16.2. The van der Waals surface area contributed by atoms with Crippen LogP contribution in [0.4, 0.5) is 4.79 Å². The normalized spacial score (nSPS) is 20.7. The lowest BCUT2D eigenvalue weighted by atomic mass is 9.85. The molecule has 1 aliphatic heterocycles. The molecule has 0 unspecified atom stereocenters. The van der Waals surface area contributed by atoms with Crippen LogP contribution in [0.3, 0.4) is 0 Å². The number of likely N-dealkylation sites (tertiary alicyclic amines) is 1. The second kappa shape index (κ2) is 6.50. The topological polar surface area (TPSA) is 32.3 Å². The van der Waals surface area contributed by atoms with Crippen LogP contribution in [0.25, 0.3) is 0 Å². The van der Waals surface area contributed by atoms with Crippen LogP contribution in [0, 0.1) is 0 Å². The zero-order valence-electron chi connectivity index (χ0n) is 12.8. The van der Waals surface area contributed by atoms with E-state index in [1.807, 2.05) is 6.07 Å². The molecule has 0 aromatic heterocycles. The average Bonchev–Trinajstić information content (AvgIpc) is 2.97. The monoisotopic (exact) mass is 286 g/mol. The summed E-state index contributed by atoms with van der Waals surface area (Å²) in [5.41, 5.74) is 1.47. The maximum atomic E-state index is 12.6. The van der Waals surface area contributed by atoms with Gasteiger partial charge in [-0.3, -0.25) is 0 Å². The summed E-state index contributed by atoms with van der Waals surface area (Å²) in [6.45, 7) is 1.67. The average molecular weight is 286 g/mol. The van der Waals surface area contributed by atoms with Crippen LogP contribution >= 0.6 is 0 Å². The summed E-state index contributed by atoms with van der Waals surface area (Å²) in [6.07, 6.45) is 9.55. The summed E-state index contributed by atoms with van der Waals surface area (Å²) in [4.78, 5) is 14.7. The lowest BCUT2D eigenvalue weighted by Gasteiger charge is -2.45. The van der Waals surface area contributed by atoms with Crippen molar-refractivity contribution in [3.63, 3.8) is 0 Å². The molecule has 3 heteroatoms. The Bertz CT molecular complexity index is 465.